The van der Waals surface area contributed by atoms with E-state index >= 15 is 0 Å². The van der Waals surface area contributed by atoms with Crippen molar-refractivity contribution in [2.24, 2.45) is 0 Å². The van der Waals surface area contributed by atoms with Gasteiger partial charge in [-0.05, 0) is 23.8 Å². The van der Waals surface area contributed by atoms with Gasteiger partial charge in [0.15, 0.2) is 5.78 Å². The van der Waals surface area contributed by atoms with Gasteiger partial charge in [-0.3, -0.25) is 4.79 Å². The second kappa shape index (κ2) is 5.57. The Kier molecular flexibility index (Phi) is 4.28. The smallest absolute Gasteiger partial charge is 0.169 e. The predicted molar refractivity (Wildman–Crippen MR) is 73.8 cm³/mol. The summed E-state index contributed by atoms with van der Waals surface area (Å²) in [6.07, 6.45) is -0.0736. The molecule has 1 aromatic carbocycles. The van der Waals surface area contributed by atoms with Crippen molar-refractivity contribution >= 4 is 51.9 Å². The highest BCUT2D eigenvalue weighted by Crippen LogP contribution is 2.32. The third kappa shape index (κ3) is 3.04. The molecule has 0 aliphatic carbocycles. The molecule has 0 aliphatic heterocycles. The molecule has 0 N–H and O–H groups in total. The molecule has 1 aromatic heterocycles. The number of hydrogen-bond donors (Lipinski definition) is 0. The summed E-state index contributed by atoms with van der Waals surface area (Å²) in [4.78, 5) is 11.9. The van der Waals surface area contributed by atoms with Crippen LogP contribution < -0.4 is 0 Å². The standard InChI is InChI=1S/C12H6Cl3FOS/c13-7-2-1-6(9(16)4-7)3-10(17)8-5-11(14)18-12(8)15/h1-2,4-5H,3H2. The fourth-order valence-electron chi connectivity index (χ4n) is 1.46. The van der Waals surface area contributed by atoms with Gasteiger partial charge >= 0.3 is 0 Å². The van der Waals surface area contributed by atoms with Gasteiger partial charge < -0.3 is 0 Å². The van der Waals surface area contributed by atoms with Gasteiger partial charge in [-0.15, -0.1) is 11.3 Å². The van der Waals surface area contributed by atoms with E-state index in [4.69, 9.17) is 34.8 Å². The molecular formula is C12H6Cl3FOS. The molecule has 0 spiro atoms. The van der Waals surface area contributed by atoms with Gasteiger partial charge in [0.05, 0.1) is 4.34 Å². The summed E-state index contributed by atoms with van der Waals surface area (Å²) in [5, 5.41) is 0.292. The predicted octanol–water partition coefficient (Wildman–Crippen LogP) is 5.27. The Hall–Kier alpha value is -0.610. The fraction of sp³-hybridized carbons (Fsp3) is 0.0833. The number of carbonyl (C=O) groups excluding carboxylic acids is 1. The van der Waals surface area contributed by atoms with E-state index in [1.54, 1.807) is 0 Å². The summed E-state index contributed by atoms with van der Waals surface area (Å²) in [6, 6.07) is 5.68. The van der Waals surface area contributed by atoms with Crippen LogP contribution in [0.25, 0.3) is 0 Å². The summed E-state index contributed by atoms with van der Waals surface area (Å²) in [7, 11) is 0. The van der Waals surface area contributed by atoms with Crippen LogP contribution in [0.1, 0.15) is 15.9 Å². The van der Waals surface area contributed by atoms with Crippen LogP contribution in [-0.4, -0.2) is 5.78 Å². The van der Waals surface area contributed by atoms with E-state index in [0.29, 0.717) is 19.3 Å². The van der Waals surface area contributed by atoms with Crippen LogP contribution in [0.2, 0.25) is 13.7 Å². The minimum Gasteiger partial charge on any atom is -0.294 e. The molecule has 0 unspecified atom stereocenters. The third-order valence-electron chi connectivity index (χ3n) is 2.32. The molecule has 2 aromatic rings. The van der Waals surface area contributed by atoms with Crippen molar-refractivity contribution in [3.8, 4) is 0 Å². The van der Waals surface area contributed by atoms with Crippen molar-refractivity contribution in [2.45, 2.75) is 6.42 Å². The number of hydrogen-bond acceptors (Lipinski definition) is 2. The summed E-state index contributed by atoms with van der Waals surface area (Å²) in [5.41, 5.74) is 0.601. The summed E-state index contributed by atoms with van der Waals surface area (Å²) >= 11 is 18.4. The van der Waals surface area contributed by atoms with Crippen molar-refractivity contribution in [3.05, 3.63) is 54.9 Å². The largest absolute Gasteiger partial charge is 0.294 e. The lowest BCUT2D eigenvalue weighted by Crippen LogP contribution is -2.04. The first-order valence-electron chi connectivity index (χ1n) is 4.89. The molecule has 0 fully saturated rings. The van der Waals surface area contributed by atoms with E-state index in [0.717, 1.165) is 11.3 Å². The van der Waals surface area contributed by atoms with E-state index < -0.39 is 5.82 Å². The number of benzene rings is 1. The molecule has 0 radical (unpaired) electrons. The maximum atomic E-state index is 13.5. The SMILES string of the molecule is O=C(Cc1ccc(Cl)cc1F)c1cc(Cl)sc1Cl. The molecule has 6 heteroatoms. The van der Waals surface area contributed by atoms with E-state index in [1.807, 2.05) is 0 Å². The quantitative estimate of drug-likeness (QED) is 0.703. The lowest BCUT2D eigenvalue weighted by Gasteiger charge is -2.02. The van der Waals surface area contributed by atoms with Gasteiger partial charge in [-0.2, -0.15) is 0 Å². The number of carbonyl (C=O) groups is 1. The Bertz CT molecular complexity index is 609. The molecule has 1 nitrogen and oxygen atoms in total. The lowest BCUT2D eigenvalue weighted by atomic mass is 10.1. The highest BCUT2D eigenvalue weighted by Gasteiger charge is 2.16. The van der Waals surface area contributed by atoms with Crippen LogP contribution in [0.5, 0.6) is 0 Å². The van der Waals surface area contributed by atoms with Crippen molar-refractivity contribution in [1.29, 1.82) is 0 Å². The van der Waals surface area contributed by atoms with Crippen LogP contribution in [0.15, 0.2) is 24.3 Å². The Morgan fingerprint density at radius 3 is 2.50 bits per heavy atom. The number of thiophene rings is 1. The Balaban J connectivity index is 2.24. The molecule has 0 bridgehead atoms. The van der Waals surface area contributed by atoms with Crippen molar-refractivity contribution in [1.82, 2.24) is 0 Å². The average molecular weight is 324 g/mol. The third-order valence-corrected chi connectivity index (χ3v) is 4.05. The minimum absolute atomic E-state index is 0.0736. The summed E-state index contributed by atoms with van der Waals surface area (Å²) in [6.45, 7) is 0. The van der Waals surface area contributed by atoms with Crippen LogP contribution in [0.4, 0.5) is 4.39 Å². The number of Topliss-reactive ketones (excluding diaryl/α,β-unsaturated/α-hetero) is 1. The van der Waals surface area contributed by atoms with Gasteiger partial charge in [0, 0.05) is 17.0 Å². The van der Waals surface area contributed by atoms with Crippen molar-refractivity contribution in [2.75, 3.05) is 0 Å². The van der Waals surface area contributed by atoms with Gasteiger partial charge in [0.2, 0.25) is 0 Å². The van der Waals surface area contributed by atoms with Crippen LogP contribution >= 0.6 is 46.1 Å². The maximum absolute atomic E-state index is 13.5. The van der Waals surface area contributed by atoms with E-state index in [-0.39, 0.29) is 17.8 Å². The minimum atomic E-state index is -0.506. The molecule has 0 atom stereocenters. The molecule has 94 valence electrons. The van der Waals surface area contributed by atoms with Crippen LogP contribution in [0.3, 0.4) is 0 Å². The van der Waals surface area contributed by atoms with E-state index in [9.17, 15) is 9.18 Å². The first kappa shape index (κ1) is 13.8. The maximum Gasteiger partial charge on any atom is 0.169 e. The number of halogens is 4. The van der Waals surface area contributed by atoms with E-state index in [1.165, 1.54) is 24.3 Å². The van der Waals surface area contributed by atoms with Crippen molar-refractivity contribution < 1.29 is 9.18 Å². The number of rotatable bonds is 3. The zero-order chi connectivity index (χ0) is 13.3. The first-order valence-corrected chi connectivity index (χ1v) is 6.84. The lowest BCUT2D eigenvalue weighted by molar-refractivity contribution is 0.0992. The second-order valence-corrected chi connectivity index (χ2v) is 6.30. The Morgan fingerprint density at radius 2 is 1.94 bits per heavy atom. The highest BCUT2D eigenvalue weighted by atomic mass is 35.5. The average Bonchev–Trinajstić information content (AvgIpc) is 2.62. The first-order chi connectivity index (χ1) is 8.47. The highest BCUT2D eigenvalue weighted by molar-refractivity contribution is 7.20. The molecule has 0 amide bonds. The molecule has 1 heterocycles. The Labute approximate surface area is 122 Å². The van der Waals surface area contributed by atoms with Gasteiger partial charge in [0.25, 0.3) is 0 Å². The normalized spacial score (nSPS) is 10.7. The van der Waals surface area contributed by atoms with Crippen LogP contribution in [0, 0.1) is 5.82 Å². The monoisotopic (exact) mass is 322 g/mol. The molecule has 2 rings (SSSR count). The topological polar surface area (TPSA) is 17.1 Å². The zero-order valence-corrected chi connectivity index (χ0v) is 11.9. The molecule has 0 saturated heterocycles. The van der Waals surface area contributed by atoms with Gasteiger partial charge in [-0.1, -0.05) is 40.9 Å². The van der Waals surface area contributed by atoms with Crippen molar-refractivity contribution in [3.63, 3.8) is 0 Å². The fourth-order valence-corrected chi connectivity index (χ4v) is 3.12. The molecular weight excluding hydrogens is 318 g/mol. The zero-order valence-electron chi connectivity index (χ0n) is 8.84. The second-order valence-electron chi connectivity index (χ2n) is 3.57. The van der Waals surface area contributed by atoms with Gasteiger partial charge in [0.1, 0.15) is 10.2 Å². The van der Waals surface area contributed by atoms with E-state index in [2.05, 4.69) is 0 Å². The molecule has 0 saturated carbocycles. The molecule has 0 aliphatic rings. The number of ketones is 1. The molecule has 18 heavy (non-hydrogen) atoms. The summed E-state index contributed by atoms with van der Waals surface area (Å²) in [5.74, 6) is -0.780. The Morgan fingerprint density at radius 1 is 1.22 bits per heavy atom. The summed E-state index contributed by atoms with van der Waals surface area (Å²) < 4.78 is 14.3. The van der Waals surface area contributed by atoms with Gasteiger partial charge in [-0.25, -0.2) is 4.39 Å². The van der Waals surface area contributed by atoms with Crippen LogP contribution in [-0.2, 0) is 6.42 Å².